The largest absolute Gasteiger partial charge is 0.395 e. The zero-order valence-corrected chi connectivity index (χ0v) is 8.83. The number of rotatable bonds is 3. The first-order valence-electron chi connectivity index (χ1n) is 5.14. The van der Waals surface area contributed by atoms with Gasteiger partial charge in [0.05, 0.1) is 6.61 Å². The van der Waals surface area contributed by atoms with E-state index >= 15 is 0 Å². The Balaban J connectivity index is 2.43. The molecule has 0 spiro atoms. The van der Waals surface area contributed by atoms with Gasteiger partial charge in [-0.05, 0) is 30.5 Å². The summed E-state index contributed by atoms with van der Waals surface area (Å²) in [4.78, 5) is 3.22. The van der Waals surface area contributed by atoms with Gasteiger partial charge in [-0.2, -0.15) is 0 Å². The summed E-state index contributed by atoms with van der Waals surface area (Å²) in [6.45, 7) is 2.11. The van der Waals surface area contributed by atoms with Gasteiger partial charge in [0.1, 0.15) is 0 Å². The number of hydrogen-bond donors (Lipinski definition) is 3. The Labute approximate surface area is 88.9 Å². The number of hydrogen-bond acceptors (Lipinski definition) is 2. The van der Waals surface area contributed by atoms with E-state index in [1.165, 1.54) is 16.5 Å². The summed E-state index contributed by atoms with van der Waals surface area (Å²) < 4.78 is 0. The number of nitrogens with one attached hydrogen (secondary N) is 1. The van der Waals surface area contributed by atoms with Gasteiger partial charge in [-0.15, -0.1) is 0 Å². The molecule has 0 radical (unpaired) electrons. The number of aliphatic hydroxyl groups is 1. The van der Waals surface area contributed by atoms with Gasteiger partial charge in [0.15, 0.2) is 0 Å². The zero-order chi connectivity index (χ0) is 10.8. The Kier molecular flexibility index (Phi) is 2.75. The molecule has 0 saturated heterocycles. The molecular weight excluding hydrogens is 188 g/mol. The van der Waals surface area contributed by atoms with Crippen molar-refractivity contribution in [2.75, 3.05) is 6.61 Å². The summed E-state index contributed by atoms with van der Waals surface area (Å²) in [5.74, 6) is 0. The van der Waals surface area contributed by atoms with Gasteiger partial charge >= 0.3 is 0 Å². The summed E-state index contributed by atoms with van der Waals surface area (Å²) in [6, 6.07) is 5.99. The molecule has 1 aromatic carbocycles. The van der Waals surface area contributed by atoms with Gasteiger partial charge in [0.25, 0.3) is 0 Å². The lowest BCUT2D eigenvalue weighted by atomic mass is 10.0. The van der Waals surface area contributed by atoms with E-state index in [-0.39, 0.29) is 12.6 Å². The third-order valence-corrected chi connectivity index (χ3v) is 2.71. The van der Waals surface area contributed by atoms with Crippen LogP contribution < -0.4 is 5.73 Å². The van der Waals surface area contributed by atoms with Crippen molar-refractivity contribution >= 4 is 10.9 Å². The lowest BCUT2D eigenvalue weighted by Crippen LogP contribution is -2.26. The molecule has 3 nitrogen and oxygen atoms in total. The molecule has 0 aliphatic heterocycles. The van der Waals surface area contributed by atoms with Gasteiger partial charge < -0.3 is 15.8 Å². The van der Waals surface area contributed by atoms with E-state index in [2.05, 4.69) is 24.0 Å². The van der Waals surface area contributed by atoms with E-state index in [0.717, 1.165) is 5.52 Å². The van der Waals surface area contributed by atoms with Crippen LogP contribution in [0.3, 0.4) is 0 Å². The molecule has 4 N–H and O–H groups in total. The smallest absolute Gasteiger partial charge is 0.0585 e. The first-order chi connectivity index (χ1) is 7.22. The highest BCUT2D eigenvalue weighted by atomic mass is 16.3. The standard InChI is InChI=1S/C12H16N2O/c1-8-3-2-4-11-12(8)9(6-14-11)5-10(13)7-15/h2-4,6,10,14-15H,5,7,13H2,1H3. The van der Waals surface area contributed by atoms with Crippen molar-refractivity contribution in [3.8, 4) is 0 Å². The molecule has 0 saturated carbocycles. The Bertz CT molecular complexity index is 462. The second kappa shape index (κ2) is 4.04. The maximum absolute atomic E-state index is 8.94. The van der Waals surface area contributed by atoms with Crippen LogP contribution in [0.5, 0.6) is 0 Å². The van der Waals surface area contributed by atoms with Crippen molar-refractivity contribution in [3.05, 3.63) is 35.5 Å². The molecule has 0 aliphatic rings. The average molecular weight is 204 g/mol. The van der Waals surface area contributed by atoms with E-state index in [1.54, 1.807) is 0 Å². The molecule has 3 heteroatoms. The third-order valence-electron chi connectivity index (χ3n) is 2.71. The van der Waals surface area contributed by atoms with Crippen molar-refractivity contribution in [2.45, 2.75) is 19.4 Å². The molecule has 1 unspecified atom stereocenters. The average Bonchev–Trinajstić information content (AvgIpc) is 2.63. The quantitative estimate of drug-likeness (QED) is 0.706. The van der Waals surface area contributed by atoms with Crippen molar-refractivity contribution in [2.24, 2.45) is 5.73 Å². The molecular formula is C12H16N2O. The number of aryl methyl sites for hydroxylation is 1. The SMILES string of the molecule is Cc1cccc2[nH]cc(CC(N)CO)c12. The summed E-state index contributed by atoms with van der Waals surface area (Å²) in [7, 11) is 0. The van der Waals surface area contributed by atoms with Crippen LogP contribution in [0.1, 0.15) is 11.1 Å². The van der Waals surface area contributed by atoms with E-state index < -0.39 is 0 Å². The molecule has 1 heterocycles. The normalized spacial score (nSPS) is 13.3. The minimum absolute atomic E-state index is 0.0263. The molecule has 0 fully saturated rings. The highest BCUT2D eigenvalue weighted by Crippen LogP contribution is 2.22. The minimum atomic E-state index is -0.177. The molecule has 2 aromatic rings. The maximum atomic E-state index is 8.94. The summed E-state index contributed by atoms with van der Waals surface area (Å²) in [5, 5.41) is 10.2. The highest BCUT2D eigenvalue weighted by Gasteiger charge is 2.09. The number of aliphatic hydroxyl groups excluding tert-OH is 1. The number of fused-ring (bicyclic) bond motifs is 1. The fraction of sp³-hybridized carbons (Fsp3) is 0.333. The van der Waals surface area contributed by atoms with E-state index in [1.807, 2.05) is 12.3 Å². The van der Waals surface area contributed by atoms with Crippen LogP contribution in [0.4, 0.5) is 0 Å². The summed E-state index contributed by atoms with van der Waals surface area (Å²) in [6.07, 6.45) is 2.69. The third kappa shape index (κ3) is 1.89. The van der Waals surface area contributed by atoms with Crippen LogP contribution in [-0.2, 0) is 6.42 Å². The number of aromatic amines is 1. The molecule has 2 rings (SSSR count). The number of nitrogens with two attached hydrogens (primary N) is 1. The van der Waals surface area contributed by atoms with Gasteiger partial charge in [0, 0.05) is 23.1 Å². The molecule has 15 heavy (non-hydrogen) atoms. The van der Waals surface area contributed by atoms with Crippen LogP contribution in [0.15, 0.2) is 24.4 Å². The first-order valence-corrected chi connectivity index (χ1v) is 5.14. The molecule has 80 valence electrons. The molecule has 0 bridgehead atoms. The molecule has 1 aromatic heterocycles. The van der Waals surface area contributed by atoms with E-state index in [0.29, 0.717) is 6.42 Å². The van der Waals surface area contributed by atoms with Crippen molar-refractivity contribution in [1.29, 1.82) is 0 Å². The van der Waals surface area contributed by atoms with Gasteiger partial charge in [-0.1, -0.05) is 12.1 Å². The lowest BCUT2D eigenvalue weighted by Gasteiger charge is -2.07. The van der Waals surface area contributed by atoms with Crippen LogP contribution in [0, 0.1) is 6.92 Å². The number of H-pyrrole nitrogens is 1. The van der Waals surface area contributed by atoms with Crippen molar-refractivity contribution in [1.82, 2.24) is 4.98 Å². The maximum Gasteiger partial charge on any atom is 0.0585 e. The van der Waals surface area contributed by atoms with Gasteiger partial charge in [0.2, 0.25) is 0 Å². The second-order valence-corrected chi connectivity index (χ2v) is 3.96. The van der Waals surface area contributed by atoms with Gasteiger partial charge in [-0.3, -0.25) is 0 Å². The fourth-order valence-electron chi connectivity index (χ4n) is 1.96. The van der Waals surface area contributed by atoms with Crippen LogP contribution in [-0.4, -0.2) is 22.7 Å². The lowest BCUT2D eigenvalue weighted by molar-refractivity contribution is 0.265. The topological polar surface area (TPSA) is 62.0 Å². The summed E-state index contributed by atoms with van der Waals surface area (Å²) in [5.41, 5.74) is 9.30. The van der Waals surface area contributed by atoms with Crippen LogP contribution in [0.25, 0.3) is 10.9 Å². The Hall–Kier alpha value is -1.32. The number of aromatic nitrogens is 1. The Morgan fingerprint density at radius 1 is 1.47 bits per heavy atom. The van der Waals surface area contributed by atoms with Gasteiger partial charge in [-0.25, -0.2) is 0 Å². The minimum Gasteiger partial charge on any atom is -0.395 e. The Morgan fingerprint density at radius 2 is 2.27 bits per heavy atom. The van der Waals surface area contributed by atoms with E-state index in [9.17, 15) is 0 Å². The predicted octanol–water partition coefficient (Wildman–Crippen LogP) is 1.34. The molecule has 0 amide bonds. The predicted molar refractivity (Wildman–Crippen MR) is 61.8 cm³/mol. The molecule has 0 aliphatic carbocycles. The second-order valence-electron chi connectivity index (χ2n) is 3.96. The highest BCUT2D eigenvalue weighted by molar-refractivity contribution is 5.86. The Morgan fingerprint density at radius 3 is 3.00 bits per heavy atom. The van der Waals surface area contributed by atoms with Crippen molar-refractivity contribution in [3.63, 3.8) is 0 Å². The molecule has 1 atom stereocenters. The van der Waals surface area contributed by atoms with E-state index in [4.69, 9.17) is 10.8 Å². The van der Waals surface area contributed by atoms with Crippen LogP contribution >= 0.6 is 0 Å². The van der Waals surface area contributed by atoms with Crippen LogP contribution in [0.2, 0.25) is 0 Å². The zero-order valence-electron chi connectivity index (χ0n) is 8.83. The fourth-order valence-corrected chi connectivity index (χ4v) is 1.96. The van der Waals surface area contributed by atoms with Crippen molar-refractivity contribution < 1.29 is 5.11 Å². The monoisotopic (exact) mass is 204 g/mol. The number of benzene rings is 1. The first kappa shape index (κ1) is 10.2. The summed E-state index contributed by atoms with van der Waals surface area (Å²) >= 11 is 0.